The maximum Gasteiger partial charge on any atom is -0.0261 e. The zero-order valence-electron chi connectivity index (χ0n) is 24.5. The van der Waals surface area contributed by atoms with E-state index in [1.54, 1.807) is 103 Å². The molecule has 0 heteroatoms. The number of rotatable bonds is 11. The van der Waals surface area contributed by atoms with Gasteiger partial charge in [-0.2, -0.15) is 0 Å². The van der Waals surface area contributed by atoms with Gasteiger partial charge in [0.2, 0.25) is 0 Å². The number of fused-ring (bicyclic) bond motifs is 1. The van der Waals surface area contributed by atoms with Crippen LogP contribution in [0.25, 0.3) is 0 Å². The third kappa shape index (κ3) is 5.51. The first-order valence-corrected chi connectivity index (χ1v) is 17.6. The van der Waals surface area contributed by atoms with Crippen molar-refractivity contribution in [3.8, 4) is 0 Å². The Morgan fingerprint density at radius 3 is 1.97 bits per heavy atom. The molecule has 0 aliphatic heterocycles. The third-order valence-electron chi connectivity index (χ3n) is 13.9. The fourth-order valence-corrected chi connectivity index (χ4v) is 12.5. The quantitative estimate of drug-likeness (QED) is 0.250. The van der Waals surface area contributed by atoms with Crippen LogP contribution in [0.4, 0.5) is 0 Å². The molecular formula is C36H62. The van der Waals surface area contributed by atoms with Crippen LogP contribution in [0.2, 0.25) is 0 Å². The topological polar surface area (TPSA) is 0 Å². The molecule has 7 saturated carbocycles. The van der Waals surface area contributed by atoms with Gasteiger partial charge in [0, 0.05) is 0 Å². The van der Waals surface area contributed by atoms with E-state index in [0.717, 1.165) is 64.6 Å². The molecule has 0 N–H and O–H groups in total. The van der Waals surface area contributed by atoms with Gasteiger partial charge in [0.25, 0.3) is 0 Å². The highest BCUT2D eigenvalue weighted by Gasteiger charge is 2.55. The van der Waals surface area contributed by atoms with Gasteiger partial charge < -0.3 is 0 Å². The first-order valence-electron chi connectivity index (χ1n) is 17.6. The predicted molar refractivity (Wildman–Crippen MR) is 155 cm³/mol. The van der Waals surface area contributed by atoms with Crippen LogP contribution in [0.5, 0.6) is 0 Å². The average molecular weight is 495 g/mol. The second kappa shape index (κ2) is 11.6. The highest BCUT2D eigenvalue weighted by Crippen LogP contribution is 2.65. The largest absolute Gasteiger partial charge is 0.0654 e. The molecule has 7 fully saturated rings. The van der Waals surface area contributed by atoms with Crippen molar-refractivity contribution in [2.45, 2.75) is 162 Å². The summed E-state index contributed by atoms with van der Waals surface area (Å²) in [6, 6.07) is 0. The lowest BCUT2D eigenvalue weighted by atomic mass is 9.46. The molecule has 0 heterocycles. The Morgan fingerprint density at radius 1 is 0.583 bits per heavy atom. The number of unbranched alkanes of at least 4 members (excludes halogenated alkanes) is 5. The van der Waals surface area contributed by atoms with Crippen molar-refractivity contribution in [3.63, 3.8) is 0 Å². The van der Waals surface area contributed by atoms with Gasteiger partial charge in [0.1, 0.15) is 0 Å². The van der Waals surface area contributed by atoms with E-state index in [0.29, 0.717) is 0 Å². The molecule has 0 spiro atoms. The van der Waals surface area contributed by atoms with E-state index in [2.05, 4.69) is 13.8 Å². The van der Waals surface area contributed by atoms with Crippen molar-refractivity contribution in [1.82, 2.24) is 0 Å². The van der Waals surface area contributed by atoms with Gasteiger partial charge in [-0.25, -0.2) is 0 Å². The molecule has 7 rings (SSSR count). The van der Waals surface area contributed by atoms with E-state index in [4.69, 9.17) is 0 Å². The second-order valence-corrected chi connectivity index (χ2v) is 16.0. The van der Waals surface area contributed by atoms with Crippen molar-refractivity contribution in [3.05, 3.63) is 0 Å². The summed E-state index contributed by atoms with van der Waals surface area (Å²) in [5, 5.41) is 0. The lowest BCUT2D eigenvalue weighted by molar-refractivity contribution is -0.0866. The predicted octanol–water partition coefficient (Wildman–Crippen LogP) is 11.2. The second-order valence-electron chi connectivity index (χ2n) is 16.0. The lowest BCUT2D eigenvalue weighted by Gasteiger charge is -2.59. The van der Waals surface area contributed by atoms with E-state index in [1.807, 2.05) is 0 Å². The van der Waals surface area contributed by atoms with Crippen LogP contribution < -0.4 is 0 Å². The van der Waals surface area contributed by atoms with E-state index in [1.165, 1.54) is 44.9 Å². The Bertz CT molecular complexity index is 655. The lowest BCUT2D eigenvalue weighted by Crippen LogP contribution is -2.49. The van der Waals surface area contributed by atoms with E-state index in [9.17, 15) is 0 Å². The van der Waals surface area contributed by atoms with Crippen LogP contribution in [0.15, 0.2) is 0 Å². The SMILES string of the molecule is CCCCCCCCC1CC(CCC2CCC(C34CC5CC(CC(C5)C3)C4)C2)C(C)C2CCCCC12. The summed E-state index contributed by atoms with van der Waals surface area (Å²) in [5.41, 5.74) is 0.833. The molecule has 0 radical (unpaired) electrons. The molecule has 7 atom stereocenters. The smallest absolute Gasteiger partial charge is 0.0261 e. The molecule has 36 heavy (non-hydrogen) atoms. The van der Waals surface area contributed by atoms with Gasteiger partial charge in [0.05, 0.1) is 0 Å². The molecule has 0 saturated heterocycles. The zero-order valence-corrected chi connectivity index (χ0v) is 24.5. The molecule has 0 aromatic rings. The summed E-state index contributed by atoms with van der Waals surface area (Å²) in [4.78, 5) is 0. The highest BCUT2D eigenvalue weighted by atomic mass is 14.6. The van der Waals surface area contributed by atoms with Crippen LogP contribution in [-0.2, 0) is 0 Å². The van der Waals surface area contributed by atoms with Crippen LogP contribution in [0, 0.1) is 64.6 Å². The normalized spacial score (nSPS) is 47.8. The molecule has 7 unspecified atom stereocenters. The first-order chi connectivity index (χ1) is 17.6. The maximum absolute atomic E-state index is 2.71. The molecule has 206 valence electrons. The van der Waals surface area contributed by atoms with Crippen molar-refractivity contribution in [2.75, 3.05) is 0 Å². The molecule has 7 aliphatic carbocycles. The highest BCUT2D eigenvalue weighted by molar-refractivity contribution is 5.05. The van der Waals surface area contributed by atoms with Gasteiger partial charge in [-0.1, -0.05) is 84.5 Å². The molecule has 0 aromatic carbocycles. The van der Waals surface area contributed by atoms with Gasteiger partial charge in [0.15, 0.2) is 0 Å². The molecule has 0 aromatic heterocycles. The van der Waals surface area contributed by atoms with E-state index < -0.39 is 0 Å². The molecule has 7 aliphatic rings. The standard InChI is InChI=1S/C36H62/c1-3-4-5-6-7-8-11-32-22-31(26(2)34-12-9-10-13-35(32)34)16-14-27-15-17-33(21-27)36-23-28-18-29(24-36)20-30(19-28)25-36/h26-35H,3-25H2,1-2H3. The summed E-state index contributed by atoms with van der Waals surface area (Å²) < 4.78 is 0. The van der Waals surface area contributed by atoms with Gasteiger partial charge in [-0.3, -0.25) is 0 Å². The summed E-state index contributed by atoms with van der Waals surface area (Å²) >= 11 is 0. The maximum atomic E-state index is 2.71. The van der Waals surface area contributed by atoms with Gasteiger partial charge in [-0.05, 0) is 142 Å². The van der Waals surface area contributed by atoms with Crippen LogP contribution in [0.3, 0.4) is 0 Å². The summed E-state index contributed by atoms with van der Waals surface area (Å²) in [7, 11) is 0. The minimum Gasteiger partial charge on any atom is -0.0654 e. The van der Waals surface area contributed by atoms with E-state index in [-0.39, 0.29) is 0 Å². The number of hydrogen-bond acceptors (Lipinski definition) is 0. The fraction of sp³-hybridized carbons (Fsp3) is 1.00. The summed E-state index contributed by atoms with van der Waals surface area (Å²) in [6.07, 6.45) is 36.2. The third-order valence-corrected chi connectivity index (χ3v) is 13.9. The number of hydrogen-bond donors (Lipinski definition) is 0. The zero-order chi connectivity index (χ0) is 24.5. The Labute approximate surface area is 225 Å². The monoisotopic (exact) mass is 494 g/mol. The van der Waals surface area contributed by atoms with Crippen molar-refractivity contribution in [2.24, 2.45) is 64.6 Å². The van der Waals surface area contributed by atoms with Crippen molar-refractivity contribution >= 4 is 0 Å². The van der Waals surface area contributed by atoms with Crippen LogP contribution in [-0.4, -0.2) is 0 Å². The van der Waals surface area contributed by atoms with Gasteiger partial charge >= 0.3 is 0 Å². The Hall–Kier alpha value is 0. The molecule has 0 amide bonds. The average Bonchev–Trinajstić information content (AvgIpc) is 3.36. The minimum atomic E-state index is 0.833. The van der Waals surface area contributed by atoms with Crippen LogP contribution in [0.1, 0.15) is 162 Å². The van der Waals surface area contributed by atoms with E-state index >= 15 is 0 Å². The fourth-order valence-electron chi connectivity index (χ4n) is 12.5. The summed E-state index contributed by atoms with van der Waals surface area (Å²) in [5.74, 6) is 11.0. The molecule has 4 bridgehead atoms. The van der Waals surface area contributed by atoms with Crippen LogP contribution >= 0.6 is 0 Å². The Balaban J connectivity index is 1.01. The van der Waals surface area contributed by atoms with Crippen molar-refractivity contribution < 1.29 is 0 Å². The Morgan fingerprint density at radius 2 is 1.25 bits per heavy atom. The molecular weight excluding hydrogens is 432 g/mol. The van der Waals surface area contributed by atoms with Gasteiger partial charge in [-0.15, -0.1) is 0 Å². The minimum absolute atomic E-state index is 0.833. The van der Waals surface area contributed by atoms with Crippen molar-refractivity contribution in [1.29, 1.82) is 0 Å². The first kappa shape index (κ1) is 26.2. The molecule has 0 nitrogen and oxygen atoms in total. The Kier molecular flexibility index (Phi) is 8.47. The summed E-state index contributed by atoms with van der Waals surface area (Å²) in [6.45, 7) is 5.06.